The molecule has 19 heavy (non-hydrogen) atoms. The SMILES string of the molecule is OC(c1cc(Cl)cc(Cl)c1)c1cccc2c1OCC2. The summed E-state index contributed by atoms with van der Waals surface area (Å²) in [7, 11) is 0. The molecule has 0 amide bonds. The average molecular weight is 295 g/mol. The molecule has 1 aliphatic rings. The first-order valence-corrected chi connectivity index (χ1v) is 6.79. The van der Waals surface area contributed by atoms with Gasteiger partial charge >= 0.3 is 0 Å². The summed E-state index contributed by atoms with van der Waals surface area (Å²) >= 11 is 11.9. The van der Waals surface area contributed by atoms with Gasteiger partial charge in [-0.25, -0.2) is 0 Å². The van der Waals surface area contributed by atoms with Crippen LogP contribution < -0.4 is 4.74 Å². The standard InChI is InChI=1S/C15H12Cl2O2/c16-11-6-10(7-12(17)8-11)14(18)13-3-1-2-9-4-5-19-15(9)13/h1-3,6-8,14,18H,4-5H2. The molecule has 1 N–H and O–H groups in total. The second kappa shape index (κ2) is 5.04. The fourth-order valence-corrected chi connectivity index (χ4v) is 2.91. The number of hydrogen-bond donors (Lipinski definition) is 1. The highest BCUT2D eigenvalue weighted by Crippen LogP contribution is 2.37. The van der Waals surface area contributed by atoms with Gasteiger partial charge in [-0.3, -0.25) is 0 Å². The van der Waals surface area contributed by atoms with Crippen LogP contribution in [0.25, 0.3) is 0 Å². The van der Waals surface area contributed by atoms with Gasteiger partial charge in [-0.2, -0.15) is 0 Å². The van der Waals surface area contributed by atoms with E-state index in [1.165, 1.54) is 0 Å². The van der Waals surface area contributed by atoms with Crippen LogP contribution in [-0.4, -0.2) is 11.7 Å². The molecule has 0 spiro atoms. The molecule has 1 unspecified atom stereocenters. The second-order valence-electron chi connectivity index (χ2n) is 4.54. The normalized spacial score (nSPS) is 14.9. The third kappa shape index (κ3) is 2.44. The molecule has 0 bridgehead atoms. The van der Waals surface area contributed by atoms with E-state index in [1.54, 1.807) is 18.2 Å². The van der Waals surface area contributed by atoms with Crippen molar-refractivity contribution < 1.29 is 9.84 Å². The molecule has 1 heterocycles. The number of fused-ring (bicyclic) bond motifs is 1. The zero-order valence-electron chi connectivity index (χ0n) is 10.1. The van der Waals surface area contributed by atoms with Crippen molar-refractivity contribution in [2.24, 2.45) is 0 Å². The van der Waals surface area contributed by atoms with E-state index in [0.29, 0.717) is 22.2 Å². The summed E-state index contributed by atoms with van der Waals surface area (Å²) in [5.74, 6) is 0.783. The first-order chi connectivity index (χ1) is 9.15. The lowest BCUT2D eigenvalue weighted by Crippen LogP contribution is -2.02. The molecular formula is C15H12Cl2O2. The van der Waals surface area contributed by atoms with Gasteiger partial charge < -0.3 is 9.84 Å². The fraction of sp³-hybridized carbons (Fsp3) is 0.200. The molecular weight excluding hydrogens is 283 g/mol. The van der Waals surface area contributed by atoms with E-state index in [0.717, 1.165) is 23.3 Å². The summed E-state index contributed by atoms with van der Waals surface area (Å²) < 4.78 is 5.61. The Hall–Kier alpha value is -1.22. The van der Waals surface area contributed by atoms with Crippen LogP contribution in [0.4, 0.5) is 0 Å². The third-order valence-electron chi connectivity index (χ3n) is 3.24. The van der Waals surface area contributed by atoms with Crippen LogP contribution >= 0.6 is 23.2 Å². The number of benzene rings is 2. The summed E-state index contributed by atoms with van der Waals surface area (Å²) in [4.78, 5) is 0. The van der Waals surface area contributed by atoms with Crippen molar-refractivity contribution >= 4 is 23.2 Å². The maximum atomic E-state index is 10.5. The Kier molecular flexibility index (Phi) is 3.40. The maximum Gasteiger partial charge on any atom is 0.128 e. The van der Waals surface area contributed by atoms with Crippen molar-refractivity contribution in [2.45, 2.75) is 12.5 Å². The second-order valence-corrected chi connectivity index (χ2v) is 5.41. The summed E-state index contributed by atoms with van der Waals surface area (Å²) in [6.07, 6.45) is 0.0934. The highest BCUT2D eigenvalue weighted by Gasteiger charge is 2.22. The number of aliphatic hydroxyl groups is 1. The Bertz CT molecular complexity index is 605. The predicted octanol–water partition coefficient (Wildman–Crippen LogP) is 4.01. The molecule has 0 fully saturated rings. The van der Waals surface area contributed by atoms with Crippen molar-refractivity contribution in [1.82, 2.24) is 0 Å². The number of aliphatic hydroxyl groups excluding tert-OH is 1. The topological polar surface area (TPSA) is 29.5 Å². The van der Waals surface area contributed by atoms with Gasteiger partial charge in [-0.1, -0.05) is 41.4 Å². The minimum Gasteiger partial charge on any atom is -0.493 e. The molecule has 1 aliphatic heterocycles. The molecule has 0 radical (unpaired) electrons. The van der Waals surface area contributed by atoms with Crippen molar-refractivity contribution in [3.63, 3.8) is 0 Å². The van der Waals surface area contributed by atoms with Gasteiger partial charge in [0.2, 0.25) is 0 Å². The monoisotopic (exact) mass is 294 g/mol. The Morgan fingerprint density at radius 2 is 1.84 bits per heavy atom. The zero-order valence-corrected chi connectivity index (χ0v) is 11.6. The predicted molar refractivity (Wildman–Crippen MR) is 76.2 cm³/mol. The first-order valence-electron chi connectivity index (χ1n) is 6.04. The van der Waals surface area contributed by atoms with Crippen LogP contribution in [0, 0.1) is 0 Å². The molecule has 4 heteroatoms. The minimum atomic E-state index is -0.788. The minimum absolute atomic E-state index is 0.509. The molecule has 3 rings (SSSR count). The van der Waals surface area contributed by atoms with Gasteiger partial charge in [0.25, 0.3) is 0 Å². The van der Waals surface area contributed by atoms with Crippen molar-refractivity contribution in [3.8, 4) is 5.75 Å². The molecule has 0 saturated heterocycles. The smallest absolute Gasteiger partial charge is 0.128 e. The van der Waals surface area contributed by atoms with Gasteiger partial charge in [0.1, 0.15) is 11.9 Å². The van der Waals surface area contributed by atoms with Crippen molar-refractivity contribution in [3.05, 3.63) is 63.1 Å². The molecule has 2 aromatic carbocycles. The van der Waals surface area contributed by atoms with E-state index in [4.69, 9.17) is 27.9 Å². The van der Waals surface area contributed by atoms with Gasteiger partial charge in [0.05, 0.1) is 6.61 Å². The Labute approximate surface area is 121 Å². The molecule has 0 aromatic heterocycles. The van der Waals surface area contributed by atoms with E-state index in [2.05, 4.69) is 0 Å². The van der Waals surface area contributed by atoms with E-state index < -0.39 is 6.10 Å². The number of halogens is 2. The van der Waals surface area contributed by atoms with E-state index in [1.807, 2.05) is 18.2 Å². The quantitative estimate of drug-likeness (QED) is 0.907. The lowest BCUT2D eigenvalue weighted by Gasteiger charge is -2.15. The molecule has 1 atom stereocenters. The summed E-state index contributed by atoms with van der Waals surface area (Å²) in [6.45, 7) is 0.662. The summed E-state index contributed by atoms with van der Waals surface area (Å²) in [5.41, 5.74) is 2.56. The Morgan fingerprint density at radius 3 is 2.58 bits per heavy atom. The van der Waals surface area contributed by atoms with Gasteiger partial charge in [0, 0.05) is 22.0 Å². The van der Waals surface area contributed by atoms with Crippen molar-refractivity contribution in [2.75, 3.05) is 6.61 Å². The molecule has 98 valence electrons. The average Bonchev–Trinajstić information content (AvgIpc) is 2.84. The van der Waals surface area contributed by atoms with Crippen LogP contribution in [0.5, 0.6) is 5.75 Å². The third-order valence-corrected chi connectivity index (χ3v) is 3.68. The molecule has 0 aliphatic carbocycles. The summed E-state index contributed by atoms with van der Waals surface area (Å²) in [5, 5.41) is 11.5. The Morgan fingerprint density at radius 1 is 1.11 bits per heavy atom. The maximum absolute atomic E-state index is 10.5. The highest BCUT2D eigenvalue weighted by atomic mass is 35.5. The van der Waals surface area contributed by atoms with Gasteiger partial charge in [-0.15, -0.1) is 0 Å². The fourth-order valence-electron chi connectivity index (χ4n) is 2.37. The summed E-state index contributed by atoms with van der Waals surface area (Å²) in [6, 6.07) is 10.9. The van der Waals surface area contributed by atoms with E-state index in [-0.39, 0.29) is 0 Å². The molecule has 0 saturated carbocycles. The zero-order chi connectivity index (χ0) is 13.4. The molecule has 2 aromatic rings. The van der Waals surface area contributed by atoms with Crippen molar-refractivity contribution in [1.29, 1.82) is 0 Å². The lowest BCUT2D eigenvalue weighted by atomic mass is 9.98. The van der Waals surface area contributed by atoms with E-state index in [9.17, 15) is 5.11 Å². The van der Waals surface area contributed by atoms with Crippen LogP contribution in [0.2, 0.25) is 10.0 Å². The highest BCUT2D eigenvalue weighted by molar-refractivity contribution is 6.34. The van der Waals surface area contributed by atoms with Crippen LogP contribution in [-0.2, 0) is 6.42 Å². The van der Waals surface area contributed by atoms with Crippen LogP contribution in [0.15, 0.2) is 36.4 Å². The van der Waals surface area contributed by atoms with Crippen LogP contribution in [0.1, 0.15) is 22.8 Å². The first kappa shape index (κ1) is 12.8. The number of rotatable bonds is 2. The number of hydrogen-bond acceptors (Lipinski definition) is 2. The molecule has 2 nitrogen and oxygen atoms in total. The van der Waals surface area contributed by atoms with Crippen LogP contribution in [0.3, 0.4) is 0 Å². The van der Waals surface area contributed by atoms with Gasteiger partial charge in [0.15, 0.2) is 0 Å². The number of ether oxygens (including phenoxy) is 1. The van der Waals surface area contributed by atoms with Gasteiger partial charge in [-0.05, 0) is 29.3 Å². The number of para-hydroxylation sites is 1. The Balaban J connectivity index is 2.04. The van der Waals surface area contributed by atoms with E-state index >= 15 is 0 Å². The largest absolute Gasteiger partial charge is 0.493 e. The lowest BCUT2D eigenvalue weighted by molar-refractivity contribution is 0.213.